The van der Waals surface area contributed by atoms with Crippen LogP contribution in [0.5, 0.6) is 0 Å². The summed E-state index contributed by atoms with van der Waals surface area (Å²) >= 11 is 0. The molecule has 0 saturated carbocycles. The van der Waals surface area contributed by atoms with Crippen LogP contribution in [-0.2, 0) is 4.79 Å². The fourth-order valence-electron chi connectivity index (χ4n) is 2.10. The van der Waals surface area contributed by atoms with Gasteiger partial charge in [0.15, 0.2) is 0 Å². The van der Waals surface area contributed by atoms with E-state index in [-0.39, 0.29) is 5.91 Å². The van der Waals surface area contributed by atoms with Crippen LogP contribution < -0.4 is 5.32 Å². The average Bonchev–Trinajstić information content (AvgIpc) is 2.19. The Bertz CT molecular complexity index is 210. The Morgan fingerprint density at radius 3 is 2.25 bits per heavy atom. The van der Waals surface area contributed by atoms with Gasteiger partial charge in [-0.25, -0.2) is 0 Å². The molecule has 1 fully saturated rings. The van der Waals surface area contributed by atoms with Gasteiger partial charge in [-0.2, -0.15) is 0 Å². The largest absolute Gasteiger partial charge is 0.355 e. The second-order valence-corrected chi connectivity index (χ2v) is 5.02. The lowest BCUT2D eigenvalue weighted by Crippen LogP contribution is -2.49. The molecule has 0 radical (unpaired) electrons. The highest BCUT2D eigenvalue weighted by Crippen LogP contribution is 2.04. The van der Waals surface area contributed by atoms with Gasteiger partial charge in [-0.15, -0.1) is 0 Å². The molecule has 1 heterocycles. The highest BCUT2D eigenvalue weighted by Gasteiger charge is 2.16. The summed E-state index contributed by atoms with van der Waals surface area (Å²) in [4.78, 5) is 15.7. The summed E-state index contributed by atoms with van der Waals surface area (Å²) < 4.78 is 0. The zero-order valence-corrected chi connectivity index (χ0v) is 10.8. The van der Waals surface area contributed by atoms with Crippen molar-refractivity contribution < 1.29 is 4.79 Å². The van der Waals surface area contributed by atoms with Crippen molar-refractivity contribution >= 4 is 5.91 Å². The first-order valence-electron chi connectivity index (χ1n) is 6.27. The number of carbonyl (C=O) groups is 1. The number of nitrogens with one attached hydrogen (secondary N) is 1. The molecule has 1 amide bonds. The standard InChI is InChI=1S/C12H25N3O/c1-11(2)10-15-8-6-14(7-9-15)5-4-13-12(3)16/h11H,4-10H2,1-3H3,(H,13,16). The minimum Gasteiger partial charge on any atom is -0.355 e. The summed E-state index contributed by atoms with van der Waals surface area (Å²) in [6.45, 7) is 13.7. The minimum atomic E-state index is 0.0680. The number of nitrogens with zero attached hydrogens (tertiary/aromatic N) is 2. The third-order valence-corrected chi connectivity index (χ3v) is 2.89. The summed E-state index contributed by atoms with van der Waals surface area (Å²) in [5.41, 5.74) is 0. The molecule has 1 N–H and O–H groups in total. The van der Waals surface area contributed by atoms with Crippen molar-refractivity contribution in [3.8, 4) is 0 Å². The second kappa shape index (κ2) is 6.86. The number of carbonyl (C=O) groups excluding carboxylic acids is 1. The van der Waals surface area contributed by atoms with E-state index >= 15 is 0 Å². The Morgan fingerprint density at radius 2 is 1.75 bits per heavy atom. The van der Waals surface area contributed by atoms with E-state index in [0.717, 1.165) is 45.2 Å². The fourth-order valence-corrected chi connectivity index (χ4v) is 2.10. The van der Waals surface area contributed by atoms with E-state index in [4.69, 9.17) is 0 Å². The van der Waals surface area contributed by atoms with E-state index in [0.29, 0.717) is 0 Å². The fraction of sp³-hybridized carbons (Fsp3) is 0.917. The maximum Gasteiger partial charge on any atom is 0.216 e. The molecule has 1 saturated heterocycles. The number of piperazine rings is 1. The molecule has 0 atom stereocenters. The lowest BCUT2D eigenvalue weighted by molar-refractivity contribution is -0.119. The summed E-state index contributed by atoms with van der Waals surface area (Å²) in [5.74, 6) is 0.823. The maximum absolute atomic E-state index is 10.7. The van der Waals surface area contributed by atoms with E-state index < -0.39 is 0 Å². The van der Waals surface area contributed by atoms with Crippen molar-refractivity contribution in [3.63, 3.8) is 0 Å². The molecule has 16 heavy (non-hydrogen) atoms. The smallest absolute Gasteiger partial charge is 0.216 e. The zero-order chi connectivity index (χ0) is 12.0. The number of amides is 1. The Labute approximate surface area is 99.0 Å². The number of hydrogen-bond acceptors (Lipinski definition) is 3. The molecule has 0 unspecified atom stereocenters. The van der Waals surface area contributed by atoms with Crippen LogP contribution in [0.1, 0.15) is 20.8 Å². The van der Waals surface area contributed by atoms with Gasteiger partial charge < -0.3 is 10.2 Å². The SMILES string of the molecule is CC(=O)NCCN1CCN(CC(C)C)CC1. The van der Waals surface area contributed by atoms with E-state index in [2.05, 4.69) is 29.0 Å². The zero-order valence-electron chi connectivity index (χ0n) is 10.8. The average molecular weight is 227 g/mol. The Hall–Kier alpha value is -0.610. The Balaban J connectivity index is 2.09. The van der Waals surface area contributed by atoms with Gasteiger partial charge in [-0.1, -0.05) is 13.8 Å². The second-order valence-electron chi connectivity index (χ2n) is 5.02. The molecular weight excluding hydrogens is 202 g/mol. The predicted octanol–water partition coefficient (Wildman–Crippen LogP) is 0.396. The van der Waals surface area contributed by atoms with Crippen molar-refractivity contribution in [2.75, 3.05) is 45.8 Å². The predicted molar refractivity (Wildman–Crippen MR) is 66.4 cm³/mol. The van der Waals surface area contributed by atoms with Crippen LogP contribution in [0, 0.1) is 5.92 Å². The van der Waals surface area contributed by atoms with Gasteiger partial charge in [0.1, 0.15) is 0 Å². The first-order valence-corrected chi connectivity index (χ1v) is 6.27. The highest BCUT2D eigenvalue weighted by atomic mass is 16.1. The van der Waals surface area contributed by atoms with Gasteiger partial charge in [-0.3, -0.25) is 9.69 Å². The maximum atomic E-state index is 10.7. The van der Waals surface area contributed by atoms with Crippen molar-refractivity contribution in [1.82, 2.24) is 15.1 Å². The van der Waals surface area contributed by atoms with Gasteiger partial charge >= 0.3 is 0 Å². The van der Waals surface area contributed by atoms with E-state index in [1.54, 1.807) is 6.92 Å². The molecule has 0 spiro atoms. The first-order chi connectivity index (χ1) is 7.58. The molecule has 0 aromatic heterocycles. The molecule has 1 aliphatic rings. The number of hydrogen-bond donors (Lipinski definition) is 1. The molecule has 0 bridgehead atoms. The molecule has 0 aromatic rings. The molecule has 1 rings (SSSR count). The lowest BCUT2D eigenvalue weighted by atomic mass is 10.2. The van der Waals surface area contributed by atoms with Crippen LogP contribution in [0.25, 0.3) is 0 Å². The van der Waals surface area contributed by atoms with Crippen molar-refractivity contribution in [2.24, 2.45) is 5.92 Å². The summed E-state index contributed by atoms with van der Waals surface area (Å²) in [5, 5.41) is 2.84. The van der Waals surface area contributed by atoms with E-state index in [9.17, 15) is 4.79 Å². The van der Waals surface area contributed by atoms with E-state index in [1.165, 1.54) is 6.54 Å². The molecule has 94 valence electrons. The van der Waals surface area contributed by atoms with Crippen LogP contribution in [0.15, 0.2) is 0 Å². The Kier molecular flexibility index (Phi) is 5.77. The third-order valence-electron chi connectivity index (χ3n) is 2.89. The van der Waals surface area contributed by atoms with Crippen LogP contribution in [0.2, 0.25) is 0 Å². The van der Waals surface area contributed by atoms with Crippen LogP contribution in [-0.4, -0.2) is 61.5 Å². The molecule has 0 aliphatic carbocycles. The summed E-state index contributed by atoms with van der Waals surface area (Å²) in [7, 11) is 0. The molecular formula is C12H25N3O. The summed E-state index contributed by atoms with van der Waals surface area (Å²) in [6.07, 6.45) is 0. The molecule has 1 aliphatic heterocycles. The molecule has 4 nitrogen and oxygen atoms in total. The normalized spacial score (nSPS) is 19.0. The topological polar surface area (TPSA) is 35.6 Å². The monoisotopic (exact) mass is 227 g/mol. The van der Waals surface area contributed by atoms with E-state index in [1.807, 2.05) is 0 Å². The first kappa shape index (κ1) is 13.5. The van der Waals surface area contributed by atoms with Crippen molar-refractivity contribution in [1.29, 1.82) is 0 Å². The molecule has 0 aromatic carbocycles. The third kappa shape index (κ3) is 5.47. The van der Waals surface area contributed by atoms with Crippen LogP contribution in [0.4, 0.5) is 0 Å². The van der Waals surface area contributed by atoms with Gasteiger partial charge in [0.05, 0.1) is 0 Å². The van der Waals surface area contributed by atoms with Crippen LogP contribution in [0.3, 0.4) is 0 Å². The van der Waals surface area contributed by atoms with Crippen LogP contribution >= 0.6 is 0 Å². The lowest BCUT2D eigenvalue weighted by Gasteiger charge is -2.35. The molecule has 4 heteroatoms. The highest BCUT2D eigenvalue weighted by molar-refractivity contribution is 5.72. The summed E-state index contributed by atoms with van der Waals surface area (Å²) in [6, 6.07) is 0. The van der Waals surface area contributed by atoms with Gasteiger partial charge in [-0.05, 0) is 5.92 Å². The quantitative estimate of drug-likeness (QED) is 0.738. The van der Waals surface area contributed by atoms with Gasteiger partial charge in [0.25, 0.3) is 0 Å². The van der Waals surface area contributed by atoms with Crippen molar-refractivity contribution in [2.45, 2.75) is 20.8 Å². The number of rotatable bonds is 5. The minimum absolute atomic E-state index is 0.0680. The van der Waals surface area contributed by atoms with Crippen molar-refractivity contribution in [3.05, 3.63) is 0 Å². The van der Waals surface area contributed by atoms with Gasteiger partial charge in [0, 0.05) is 52.7 Å². The van der Waals surface area contributed by atoms with Gasteiger partial charge in [0.2, 0.25) is 5.91 Å². The Morgan fingerprint density at radius 1 is 1.19 bits per heavy atom.